The number of piperazine rings is 1. The first-order valence-corrected chi connectivity index (χ1v) is 9.88. The topological polar surface area (TPSA) is 35.2 Å². The van der Waals surface area contributed by atoms with Crippen molar-refractivity contribution in [1.82, 2.24) is 15.1 Å². The van der Waals surface area contributed by atoms with Crippen molar-refractivity contribution in [2.45, 2.75) is 45.4 Å². The van der Waals surface area contributed by atoms with Gasteiger partial charge in [-0.1, -0.05) is 17.7 Å². The number of aryl methyl sites for hydroxylation is 3. The van der Waals surface area contributed by atoms with Crippen molar-refractivity contribution in [3.8, 4) is 0 Å². The van der Waals surface area contributed by atoms with E-state index in [0.29, 0.717) is 0 Å². The molecule has 0 atom stereocenters. The minimum atomic E-state index is 1.13. The lowest BCUT2D eigenvalue weighted by Crippen LogP contribution is -2.46. The zero-order chi connectivity index (χ0) is 17.1. The van der Waals surface area contributed by atoms with Crippen LogP contribution in [0.4, 0.5) is 5.69 Å². The van der Waals surface area contributed by atoms with Gasteiger partial charge in [-0.2, -0.15) is 5.10 Å². The van der Waals surface area contributed by atoms with Crippen molar-refractivity contribution >= 4 is 5.69 Å². The van der Waals surface area contributed by atoms with Crippen molar-refractivity contribution < 1.29 is 0 Å². The van der Waals surface area contributed by atoms with E-state index in [-0.39, 0.29) is 0 Å². The summed E-state index contributed by atoms with van der Waals surface area (Å²) in [5.74, 6) is 0. The van der Waals surface area contributed by atoms with Gasteiger partial charge in [-0.15, -0.1) is 0 Å². The minimum absolute atomic E-state index is 1.13. The molecule has 25 heavy (non-hydrogen) atoms. The summed E-state index contributed by atoms with van der Waals surface area (Å²) in [4.78, 5) is 5.13. The van der Waals surface area contributed by atoms with Crippen molar-refractivity contribution in [3.05, 3.63) is 46.8 Å². The number of fused-ring (bicyclic) bond motifs is 1. The Hall–Kier alpha value is -1.81. The SMILES string of the molecule is Cc1ccc(N2CCN(CCCc3n[nH]c4c3CCCC4)CC2)cc1. The first kappa shape index (κ1) is 16.6. The van der Waals surface area contributed by atoms with Crippen LogP contribution in [0.25, 0.3) is 0 Å². The highest BCUT2D eigenvalue weighted by atomic mass is 15.3. The standard InChI is InChI=1S/C21H30N4/c1-17-8-10-18(11-9-17)25-15-13-24(14-16-25)12-4-7-21-19-5-2-3-6-20(19)22-23-21/h8-11H,2-7,12-16H2,1H3,(H,22,23). The third kappa shape index (κ3) is 3.90. The third-order valence-electron chi connectivity index (χ3n) is 5.80. The maximum atomic E-state index is 4.59. The van der Waals surface area contributed by atoms with Crippen molar-refractivity contribution in [2.75, 3.05) is 37.6 Å². The predicted octanol–water partition coefficient (Wildman–Crippen LogP) is 3.35. The molecule has 2 heterocycles. The summed E-state index contributed by atoms with van der Waals surface area (Å²) in [6, 6.07) is 8.94. The summed E-state index contributed by atoms with van der Waals surface area (Å²) < 4.78 is 0. The molecule has 2 aliphatic rings. The molecule has 134 valence electrons. The van der Waals surface area contributed by atoms with Crippen LogP contribution in [0.15, 0.2) is 24.3 Å². The minimum Gasteiger partial charge on any atom is -0.369 e. The van der Waals surface area contributed by atoms with Gasteiger partial charge >= 0.3 is 0 Å². The van der Waals surface area contributed by atoms with Crippen molar-refractivity contribution in [3.63, 3.8) is 0 Å². The van der Waals surface area contributed by atoms with Gasteiger partial charge in [0.25, 0.3) is 0 Å². The smallest absolute Gasteiger partial charge is 0.0657 e. The molecule has 1 aromatic heterocycles. The lowest BCUT2D eigenvalue weighted by Gasteiger charge is -2.36. The van der Waals surface area contributed by atoms with E-state index >= 15 is 0 Å². The van der Waals surface area contributed by atoms with E-state index in [1.54, 1.807) is 0 Å². The van der Waals surface area contributed by atoms with Crippen LogP contribution < -0.4 is 4.90 Å². The second kappa shape index (κ2) is 7.61. The van der Waals surface area contributed by atoms with E-state index < -0.39 is 0 Å². The van der Waals surface area contributed by atoms with Gasteiger partial charge in [0.2, 0.25) is 0 Å². The van der Waals surface area contributed by atoms with E-state index in [0.717, 1.165) is 19.5 Å². The van der Waals surface area contributed by atoms with Crippen LogP contribution in [0.1, 0.15) is 41.8 Å². The van der Waals surface area contributed by atoms with Gasteiger partial charge in [-0.05, 0) is 69.7 Å². The van der Waals surface area contributed by atoms with E-state index in [4.69, 9.17) is 0 Å². The Balaban J connectivity index is 1.23. The normalized spacial score (nSPS) is 18.4. The lowest BCUT2D eigenvalue weighted by molar-refractivity contribution is 0.255. The van der Waals surface area contributed by atoms with E-state index in [2.05, 4.69) is 51.2 Å². The van der Waals surface area contributed by atoms with E-state index in [1.165, 1.54) is 79.9 Å². The van der Waals surface area contributed by atoms with Crippen LogP contribution in [-0.2, 0) is 19.3 Å². The molecule has 4 rings (SSSR count). The molecular formula is C21H30N4. The predicted molar refractivity (Wildman–Crippen MR) is 103 cm³/mol. The molecule has 4 nitrogen and oxygen atoms in total. The molecule has 1 fully saturated rings. The molecule has 2 aromatic rings. The molecule has 1 saturated heterocycles. The number of hydrogen-bond acceptors (Lipinski definition) is 3. The molecular weight excluding hydrogens is 308 g/mol. The first-order valence-electron chi connectivity index (χ1n) is 9.88. The number of nitrogens with one attached hydrogen (secondary N) is 1. The Bertz CT molecular complexity index is 680. The van der Waals surface area contributed by atoms with Crippen molar-refractivity contribution in [1.29, 1.82) is 0 Å². The molecule has 0 bridgehead atoms. The van der Waals surface area contributed by atoms with E-state index in [9.17, 15) is 0 Å². The Labute approximate surface area is 151 Å². The van der Waals surface area contributed by atoms with Crippen LogP contribution >= 0.6 is 0 Å². The zero-order valence-electron chi connectivity index (χ0n) is 15.4. The van der Waals surface area contributed by atoms with Gasteiger partial charge in [-0.3, -0.25) is 10.00 Å². The van der Waals surface area contributed by atoms with Crippen LogP contribution in [0.5, 0.6) is 0 Å². The van der Waals surface area contributed by atoms with Gasteiger partial charge in [0.1, 0.15) is 0 Å². The zero-order valence-corrected chi connectivity index (χ0v) is 15.4. The first-order chi connectivity index (χ1) is 12.3. The maximum absolute atomic E-state index is 4.59. The number of anilines is 1. The fourth-order valence-electron chi connectivity index (χ4n) is 4.21. The summed E-state index contributed by atoms with van der Waals surface area (Å²) in [6.45, 7) is 7.97. The molecule has 1 aromatic carbocycles. The quantitative estimate of drug-likeness (QED) is 0.908. The van der Waals surface area contributed by atoms with Crippen LogP contribution in [0.3, 0.4) is 0 Å². The number of H-pyrrole nitrogens is 1. The molecule has 0 spiro atoms. The third-order valence-corrected chi connectivity index (χ3v) is 5.80. The Kier molecular flexibility index (Phi) is 5.07. The van der Waals surface area contributed by atoms with Crippen LogP contribution in [0.2, 0.25) is 0 Å². The Morgan fingerprint density at radius 3 is 2.56 bits per heavy atom. The number of aromatic nitrogens is 2. The number of hydrogen-bond donors (Lipinski definition) is 1. The summed E-state index contributed by atoms with van der Waals surface area (Å²) >= 11 is 0. The molecule has 1 aliphatic heterocycles. The highest BCUT2D eigenvalue weighted by Gasteiger charge is 2.19. The summed E-state index contributed by atoms with van der Waals surface area (Å²) in [6.07, 6.45) is 7.44. The van der Waals surface area contributed by atoms with Crippen LogP contribution in [0, 0.1) is 6.92 Å². The molecule has 1 N–H and O–H groups in total. The highest BCUT2D eigenvalue weighted by Crippen LogP contribution is 2.23. The molecule has 0 saturated carbocycles. The molecule has 1 aliphatic carbocycles. The fourth-order valence-corrected chi connectivity index (χ4v) is 4.21. The van der Waals surface area contributed by atoms with Crippen molar-refractivity contribution in [2.24, 2.45) is 0 Å². The highest BCUT2D eigenvalue weighted by molar-refractivity contribution is 5.47. The van der Waals surface area contributed by atoms with Gasteiger partial charge in [-0.25, -0.2) is 0 Å². The van der Waals surface area contributed by atoms with Gasteiger partial charge in [0.05, 0.1) is 5.69 Å². The number of benzene rings is 1. The Morgan fingerprint density at radius 2 is 1.76 bits per heavy atom. The van der Waals surface area contributed by atoms with Crippen LogP contribution in [-0.4, -0.2) is 47.8 Å². The lowest BCUT2D eigenvalue weighted by atomic mass is 9.94. The second-order valence-corrected chi connectivity index (χ2v) is 7.60. The molecule has 0 unspecified atom stereocenters. The Morgan fingerprint density at radius 1 is 1.00 bits per heavy atom. The summed E-state index contributed by atoms with van der Waals surface area (Å²) in [5, 5.41) is 7.86. The number of rotatable bonds is 5. The monoisotopic (exact) mass is 338 g/mol. The summed E-state index contributed by atoms with van der Waals surface area (Å²) in [5.41, 5.74) is 6.99. The van der Waals surface area contributed by atoms with Gasteiger partial charge in [0, 0.05) is 37.6 Å². The molecule has 0 radical (unpaired) electrons. The number of aromatic amines is 1. The second-order valence-electron chi connectivity index (χ2n) is 7.60. The maximum Gasteiger partial charge on any atom is 0.0657 e. The van der Waals surface area contributed by atoms with Gasteiger partial charge in [0.15, 0.2) is 0 Å². The molecule has 0 amide bonds. The fraction of sp³-hybridized carbons (Fsp3) is 0.571. The van der Waals surface area contributed by atoms with Gasteiger partial charge < -0.3 is 4.90 Å². The summed E-state index contributed by atoms with van der Waals surface area (Å²) in [7, 11) is 0. The largest absolute Gasteiger partial charge is 0.369 e. The number of nitrogens with zero attached hydrogens (tertiary/aromatic N) is 3. The molecule has 4 heteroatoms. The average molecular weight is 338 g/mol. The average Bonchev–Trinajstić information content (AvgIpc) is 3.06. The van der Waals surface area contributed by atoms with E-state index in [1.807, 2.05) is 0 Å².